The third-order valence-electron chi connectivity index (χ3n) is 2.83. The number of hydrogen-bond donors (Lipinski definition) is 1. The number of hydrogen-bond acceptors (Lipinski definition) is 4. The van der Waals surface area contributed by atoms with Crippen molar-refractivity contribution in [1.29, 1.82) is 0 Å². The van der Waals surface area contributed by atoms with E-state index in [9.17, 15) is 13.2 Å². The standard InChI is InChI=1S/C9H16ClNO4S/c1-2-7-5-3-4-6-8(7)15-9(12)11-16(10,13)14/h7-8H,2-6H2,1H3,(H,11,12). The van der Waals surface area contributed by atoms with Crippen LogP contribution in [0, 0.1) is 5.92 Å². The zero-order valence-corrected chi connectivity index (χ0v) is 10.7. The number of carbonyl (C=O) groups is 1. The highest BCUT2D eigenvalue weighted by Crippen LogP contribution is 2.29. The average Bonchev–Trinajstić information content (AvgIpc) is 2.15. The summed E-state index contributed by atoms with van der Waals surface area (Å²) >= 11 is 0. The lowest BCUT2D eigenvalue weighted by Gasteiger charge is -2.30. The summed E-state index contributed by atoms with van der Waals surface area (Å²) in [5.41, 5.74) is 0. The fourth-order valence-corrected chi connectivity index (χ4v) is 2.49. The maximum Gasteiger partial charge on any atom is 0.422 e. The Labute approximate surface area is 100 Å². The number of ether oxygens (including phenoxy) is 1. The van der Waals surface area contributed by atoms with Crippen molar-refractivity contribution >= 4 is 26.0 Å². The first kappa shape index (κ1) is 13.6. The second-order valence-corrected chi connectivity index (χ2v) is 6.24. The van der Waals surface area contributed by atoms with Crippen molar-refractivity contribution in [3.05, 3.63) is 0 Å². The molecule has 1 aliphatic rings. The zero-order valence-electron chi connectivity index (χ0n) is 9.11. The number of nitrogens with one attached hydrogen (secondary N) is 1. The fourth-order valence-electron chi connectivity index (χ4n) is 2.06. The SMILES string of the molecule is CCC1CCCCC1OC(=O)NS(=O)(=O)Cl. The van der Waals surface area contributed by atoms with Crippen LogP contribution in [0.1, 0.15) is 39.0 Å². The fraction of sp³-hybridized carbons (Fsp3) is 0.889. The normalized spacial score (nSPS) is 26.1. The summed E-state index contributed by atoms with van der Waals surface area (Å²) in [6.45, 7) is 2.03. The summed E-state index contributed by atoms with van der Waals surface area (Å²) in [6, 6.07) is 0. The van der Waals surface area contributed by atoms with Gasteiger partial charge >= 0.3 is 15.3 Å². The molecule has 0 spiro atoms. The highest BCUT2D eigenvalue weighted by molar-refractivity contribution is 8.12. The Bertz CT molecular complexity index is 343. The van der Waals surface area contributed by atoms with Gasteiger partial charge in [-0.25, -0.2) is 9.52 Å². The molecular formula is C9H16ClNO4S. The van der Waals surface area contributed by atoms with Gasteiger partial charge < -0.3 is 4.74 Å². The molecule has 1 saturated carbocycles. The summed E-state index contributed by atoms with van der Waals surface area (Å²) in [6.07, 6.45) is 3.68. The molecule has 94 valence electrons. The third kappa shape index (κ3) is 4.57. The van der Waals surface area contributed by atoms with E-state index in [1.165, 1.54) is 0 Å². The van der Waals surface area contributed by atoms with E-state index in [0.717, 1.165) is 32.1 Å². The maximum atomic E-state index is 11.2. The van der Waals surface area contributed by atoms with E-state index in [0.29, 0.717) is 5.92 Å². The molecule has 0 aromatic heterocycles. The molecule has 0 aromatic rings. The van der Waals surface area contributed by atoms with Gasteiger partial charge in [-0.3, -0.25) is 0 Å². The second kappa shape index (κ2) is 5.72. The zero-order chi connectivity index (χ0) is 12.2. The molecule has 0 aliphatic heterocycles. The molecule has 0 heterocycles. The molecule has 16 heavy (non-hydrogen) atoms. The van der Waals surface area contributed by atoms with Gasteiger partial charge in [0, 0.05) is 10.7 Å². The van der Waals surface area contributed by atoms with Gasteiger partial charge in [-0.1, -0.05) is 13.3 Å². The monoisotopic (exact) mass is 269 g/mol. The number of amides is 1. The summed E-state index contributed by atoms with van der Waals surface area (Å²) in [7, 11) is 0.826. The Morgan fingerprint density at radius 1 is 1.44 bits per heavy atom. The van der Waals surface area contributed by atoms with Crippen LogP contribution >= 0.6 is 10.7 Å². The van der Waals surface area contributed by atoms with E-state index in [4.69, 9.17) is 15.4 Å². The van der Waals surface area contributed by atoms with Crippen molar-refractivity contribution in [2.45, 2.75) is 45.1 Å². The molecule has 7 heteroatoms. The van der Waals surface area contributed by atoms with E-state index in [2.05, 4.69) is 0 Å². The minimum atomic E-state index is -4.05. The van der Waals surface area contributed by atoms with Crippen LogP contribution in [-0.4, -0.2) is 20.6 Å². The summed E-state index contributed by atoms with van der Waals surface area (Å²) in [5, 5.41) is 0. The minimum absolute atomic E-state index is 0.197. The lowest BCUT2D eigenvalue weighted by molar-refractivity contribution is 0.0393. The Balaban J connectivity index is 2.48. The number of halogens is 1. The molecule has 1 amide bonds. The highest BCUT2D eigenvalue weighted by atomic mass is 35.7. The van der Waals surface area contributed by atoms with Crippen molar-refractivity contribution in [1.82, 2.24) is 4.72 Å². The van der Waals surface area contributed by atoms with Crippen LogP contribution in [0.2, 0.25) is 0 Å². The van der Waals surface area contributed by atoms with Gasteiger partial charge in [-0.15, -0.1) is 0 Å². The number of carbonyl (C=O) groups excluding carboxylic acids is 1. The van der Waals surface area contributed by atoms with Crippen LogP contribution in [0.5, 0.6) is 0 Å². The van der Waals surface area contributed by atoms with Crippen LogP contribution in [0.4, 0.5) is 4.79 Å². The maximum absolute atomic E-state index is 11.2. The molecule has 2 unspecified atom stereocenters. The Kier molecular flexibility index (Phi) is 4.86. The molecule has 0 aromatic carbocycles. The summed E-state index contributed by atoms with van der Waals surface area (Å²) in [4.78, 5) is 11.2. The molecule has 1 aliphatic carbocycles. The quantitative estimate of drug-likeness (QED) is 0.797. The van der Waals surface area contributed by atoms with Gasteiger partial charge in [0.15, 0.2) is 0 Å². The molecule has 1 fully saturated rings. The van der Waals surface area contributed by atoms with Gasteiger partial charge in [0.25, 0.3) is 0 Å². The van der Waals surface area contributed by atoms with Crippen LogP contribution in [0.25, 0.3) is 0 Å². The summed E-state index contributed by atoms with van der Waals surface area (Å²) in [5.74, 6) is 0.317. The molecule has 0 radical (unpaired) electrons. The minimum Gasteiger partial charge on any atom is -0.445 e. The first-order valence-electron chi connectivity index (χ1n) is 5.35. The van der Waals surface area contributed by atoms with Gasteiger partial charge in [0.05, 0.1) is 0 Å². The Morgan fingerprint density at radius 2 is 2.06 bits per heavy atom. The lowest BCUT2D eigenvalue weighted by atomic mass is 9.85. The van der Waals surface area contributed by atoms with Crippen molar-refractivity contribution in [3.63, 3.8) is 0 Å². The first-order chi connectivity index (χ1) is 7.42. The molecule has 5 nitrogen and oxygen atoms in total. The topological polar surface area (TPSA) is 72.5 Å². The van der Waals surface area contributed by atoms with Crippen molar-refractivity contribution in [2.24, 2.45) is 5.92 Å². The van der Waals surface area contributed by atoms with Gasteiger partial charge in [-0.05, 0) is 31.6 Å². The number of rotatable bonds is 3. The van der Waals surface area contributed by atoms with E-state index in [1.54, 1.807) is 4.72 Å². The van der Waals surface area contributed by atoms with Crippen molar-refractivity contribution in [3.8, 4) is 0 Å². The largest absolute Gasteiger partial charge is 0.445 e. The average molecular weight is 270 g/mol. The predicted molar refractivity (Wildman–Crippen MR) is 60.4 cm³/mol. The van der Waals surface area contributed by atoms with Crippen LogP contribution < -0.4 is 4.72 Å². The van der Waals surface area contributed by atoms with Crippen LogP contribution in [0.3, 0.4) is 0 Å². The summed E-state index contributed by atoms with van der Waals surface area (Å²) < 4.78 is 27.8. The molecular weight excluding hydrogens is 254 g/mol. The Morgan fingerprint density at radius 3 is 2.62 bits per heavy atom. The third-order valence-corrected chi connectivity index (χ3v) is 3.47. The highest BCUT2D eigenvalue weighted by Gasteiger charge is 2.27. The lowest BCUT2D eigenvalue weighted by Crippen LogP contribution is -2.35. The van der Waals surface area contributed by atoms with E-state index in [-0.39, 0.29) is 6.10 Å². The van der Waals surface area contributed by atoms with E-state index >= 15 is 0 Å². The van der Waals surface area contributed by atoms with Crippen molar-refractivity contribution in [2.75, 3.05) is 0 Å². The van der Waals surface area contributed by atoms with Crippen LogP contribution in [-0.2, 0) is 14.0 Å². The predicted octanol–water partition coefficient (Wildman–Crippen LogP) is 2.17. The molecule has 0 saturated heterocycles. The van der Waals surface area contributed by atoms with E-state index in [1.807, 2.05) is 6.92 Å². The van der Waals surface area contributed by atoms with E-state index < -0.39 is 15.3 Å². The first-order valence-corrected chi connectivity index (χ1v) is 7.66. The van der Waals surface area contributed by atoms with Gasteiger partial charge in [0.2, 0.25) is 0 Å². The van der Waals surface area contributed by atoms with Gasteiger partial charge in [-0.2, -0.15) is 8.42 Å². The van der Waals surface area contributed by atoms with Crippen molar-refractivity contribution < 1.29 is 17.9 Å². The smallest absolute Gasteiger partial charge is 0.422 e. The molecule has 1 rings (SSSR count). The van der Waals surface area contributed by atoms with Crippen LogP contribution in [0.15, 0.2) is 0 Å². The second-order valence-electron chi connectivity index (χ2n) is 3.94. The Hall–Kier alpha value is -0.490. The molecule has 2 atom stereocenters. The molecule has 0 bridgehead atoms. The van der Waals surface area contributed by atoms with Gasteiger partial charge in [0.1, 0.15) is 6.10 Å². The molecule has 1 N–H and O–H groups in total.